The second kappa shape index (κ2) is 9.02. The highest BCUT2D eigenvalue weighted by molar-refractivity contribution is 6.40. The van der Waals surface area contributed by atoms with Crippen molar-refractivity contribution in [3.8, 4) is 0 Å². The number of hydrogen-bond acceptors (Lipinski definition) is 5. The Kier molecular flexibility index (Phi) is 6.20. The quantitative estimate of drug-likeness (QED) is 0.711. The summed E-state index contributed by atoms with van der Waals surface area (Å²) < 4.78 is 13.5. The van der Waals surface area contributed by atoms with Gasteiger partial charge in [0, 0.05) is 25.2 Å². The van der Waals surface area contributed by atoms with Gasteiger partial charge in [0.05, 0.1) is 16.8 Å². The molecular weight excluding hydrogens is 405 g/mol. The zero-order valence-corrected chi connectivity index (χ0v) is 17.4. The lowest BCUT2D eigenvalue weighted by Gasteiger charge is -2.25. The predicted molar refractivity (Wildman–Crippen MR) is 118 cm³/mol. The van der Waals surface area contributed by atoms with E-state index in [1.165, 1.54) is 25.0 Å². The Morgan fingerprint density at radius 3 is 2.47 bits per heavy atom. The number of hydrazine groups is 1. The van der Waals surface area contributed by atoms with Crippen LogP contribution in [-0.2, 0) is 4.79 Å². The largest absolute Gasteiger partial charge is 0.399 e. The number of benzene rings is 2. The van der Waals surface area contributed by atoms with E-state index in [1.54, 1.807) is 35.3 Å². The number of amides is 1. The number of carbonyl (C=O) groups is 1. The van der Waals surface area contributed by atoms with Gasteiger partial charge in [0.15, 0.2) is 0 Å². The van der Waals surface area contributed by atoms with Crippen molar-refractivity contribution in [2.24, 2.45) is 5.10 Å². The molecule has 0 saturated carbocycles. The van der Waals surface area contributed by atoms with Crippen LogP contribution in [0.15, 0.2) is 47.6 Å². The number of nitrogens with one attached hydrogen (secondary N) is 1. The number of hydrazone groups is 1. The molecular formula is C22H25ClFN5O. The van der Waals surface area contributed by atoms with Crippen molar-refractivity contribution in [2.75, 3.05) is 23.8 Å². The van der Waals surface area contributed by atoms with E-state index < -0.39 is 0 Å². The average molecular weight is 430 g/mol. The van der Waals surface area contributed by atoms with Crippen molar-refractivity contribution >= 4 is 34.6 Å². The molecule has 1 saturated heterocycles. The third-order valence-corrected chi connectivity index (χ3v) is 5.81. The lowest BCUT2D eigenvalue weighted by molar-refractivity contribution is -0.119. The van der Waals surface area contributed by atoms with Gasteiger partial charge in [-0.2, -0.15) is 5.10 Å². The monoisotopic (exact) mass is 429 g/mol. The Labute approximate surface area is 180 Å². The molecule has 0 spiro atoms. The molecule has 0 radical (unpaired) electrons. The molecule has 4 rings (SSSR count). The van der Waals surface area contributed by atoms with Gasteiger partial charge in [-0.05, 0) is 48.7 Å². The summed E-state index contributed by atoms with van der Waals surface area (Å²) in [5.74, 6) is -0.521. The minimum atomic E-state index is -0.311. The van der Waals surface area contributed by atoms with Crippen molar-refractivity contribution in [3.63, 3.8) is 0 Å². The first-order valence-electron chi connectivity index (χ1n) is 10.2. The Hall–Kier alpha value is -2.64. The first kappa shape index (κ1) is 20.6. The van der Waals surface area contributed by atoms with Gasteiger partial charge in [0.25, 0.3) is 5.91 Å². The van der Waals surface area contributed by atoms with Crippen molar-refractivity contribution in [2.45, 2.75) is 38.1 Å². The molecule has 1 fully saturated rings. The third kappa shape index (κ3) is 4.57. The van der Waals surface area contributed by atoms with Crippen LogP contribution in [0.5, 0.6) is 0 Å². The maximum absolute atomic E-state index is 13.5. The molecule has 2 heterocycles. The maximum Gasteiger partial charge on any atom is 0.281 e. The van der Waals surface area contributed by atoms with E-state index >= 15 is 0 Å². The highest BCUT2D eigenvalue weighted by atomic mass is 35.5. The molecule has 6 nitrogen and oxygen atoms in total. The van der Waals surface area contributed by atoms with Crippen LogP contribution in [0.1, 0.15) is 43.7 Å². The molecule has 2 aliphatic heterocycles. The molecule has 158 valence electrons. The van der Waals surface area contributed by atoms with Crippen LogP contribution in [0.25, 0.3) is 0 Å². The molecule has 2 aromatic carbocycles. The Bertz CT molecular complexity index is 941. The van der Waals surface area contributed by atoms with Gasteiger partial charge in [0.1, 0.15) is 11.5 Å². The van der Waals surface area contributed by atoms with E-state index in [-0.39, 0.29) is 17.8 Å². The highest BCUT2D eigenvalue weighted by Crippen LogP contribution is 2.39. The Balaban J connectivity index is 1.61. The standard InChI is InChI=1S/C22H25ClFN5O/c23-18-13-17(25)9-10-20(18)29-21(15-5-7-16(24)8-6-15)14-19(26-29)22(30)27-28-11-3-1-2-4-12-28/h5-10,13,21H,1-4,11-12,14,25H2,(H,27,30). The van der Waals surface area contributed by atoms with Crippen LogP contribution in [0.2, 0.25) is 5.02 Å². The van der Waals surface area contributed by atoms with Crippen LogP contribution in [0, 0.1) is 5.82 Å². The third-order valence-electron chi connectivity index (χ3n) is 5.51. The molecule has 1 unspecified atom stereocenters. The van der Waals surface area contributed by atoms with Crippen LogP contribution in [0.4, 0.5) is 15.8 Å². The summed E-state index contributed by atoms with van der Waals surface area (Å²) in [7, 11) is 0. The normalized spacial score (nSPS) is 20.0. The molecule has 0 bridgehead atoms. The molecule has 0 aromatic heterocycles. The fourth-order valence-electron chi connectivity index (χ4n) is 3.91. The summed E-state index contributed by atoms with van der Waals surface area (Å²) in [5.41, 5.74) is 11.3. The Morgan fingerprint density at radius 1 is 1.10 bits per heavy atom. The molecule has 8 heteroatoms. The molecule has 30 heavy (non-hydrogen) atoms. The van der Waals surface area contributed by atoms with Crippen LogP contribution in [0.3, 0.4) is 0 Å². The molecule has 2 aromatic rings. The first-order chi connectivity index (χ1) is 14.5. The van der Waals surface area contributed by atoms with Crippen molar-refractivity contribution in [1.29, 1.82) is 0 Å². The van der Waals surface area contributed by atoms with E-state index in [2.05, 4.69) is 10.5 Å². The summed E-state index contributed by atoms with van der Waals surface area (Å²) in [4.78, 5) is 12.9. The predicted octanol–water partition coefficient (Wildman–Crippen LogP) is 4.28. The molecule has 0 aliphatic carbocycles. The van der Waals surface area contributed by atoms with Gasteiger partial charge < -0.3 is 5.73 Å². The lowest BCUT2D eigenvalue weighted by atomic mass is 10.0. The second-order valence-electron chi connectivity index (χ2n) is 7.72. The average Bonchev–Trinajstić information content (AvgIpc) is 3.00. The minimum absolute atomic E-state index is 0.210. The fourth-order valence-corrected chi connectivity index (χ4v) is 4.19. The summed E-state index contributed by atoms with van der Waals surface area (Å²) in [6.45, 7) is 1.68. The van der Waals surface area contributed by atoms with E-state index in [0.717, 1.165) is 31.5 Å². The molecule has 1 atom stereocenters. The van der Waals surface area contributed by atoms with E-state index in [1.807, 2.05) is 5.01 Å². The molecule has 1 amide bonds. The maximum atomic E-state index is 13.5. The highest BCUT2D eigenvalue weighted by Gasteiger charge is 2.34. The van der Waals surface area contributed by atoms with E-state index in [9.17, 15) is 9.18 Å². The van der Waals surface area contributed by atoms with Gasteiger partial charge in [-0.1, -0.05) is 36.6 Å². The van der Waals surface area contributed by atoms with Crippen LogP contribution < -0.4 is 16.2 Å². The first-order valence-corrected chi connectivity index (χ1v) is 10.6. The number of rotatable bonds is 4. The number of halogens is 2. The number of nitrogen functional groups attached to an aromatic ring is 1. The van der Waals surface area contributed by atoms with Gasteiger partial charge in [-0.3, -0.25) is 15.2 Å². The fraction of sp³-hybridized carbons (Fsp3) is 0.364. The van der Waals surface area contributed by atoms with E-state index in [0.29, 0.717) is 28.5 Å². The SMILES string of the molecule is Nc1ccc(N2N=C(C(=O)NN3CCCCCC3)CC2c2ccc(F)cc2)c(Cl)c1. The van der Waals surface area contributed by atoms with E-state index in [4.69, 9.17) is 17.3 Å². The van der Waals surface area contributed by atoms with Gasteiger partial charge in [-0.25, -0.2) is 9.40 Å². The zero-order chi connectivity index (χ0) is 21.1. The zero-order valence-electron chi connectivity index (χ0n) is 16.7. The second-order valence-corrected chi connectivity index (χ2v) is 8.12. The minimum Gasteiger partial charge on any atom is -0.399 e. The number of nitrogens with two attached hydrogens (primary N) is 1. The lowest BCUT2D eigenvalue weighted by Crippen LogP contribution is -2.45. The number of nitrogens with zero attached hydrogens (tertiary/aromatic N) is 3. The topological polar surface area (TPSA) is 74.0 Å². The van der Waals surface area contributed by atoms with Gasteiger partial charge in [0.2, 0.25) is 0 Å². The van der Waals surface area contributed by atoms with Crippen LogP contribution in [-0.4, -0.2) is 29.7 Å². The van der Waals surface area contributed by atoms with Crippen molar-refractivity contribution in [1.82, 2.24) is 10.4 Å². The van der Waals surface area contributed by atoms with Gasteiger partial charge in [-0.15, -0.1) is 0 Å². The summed E-state index contributed by atoms with van der Waals surface area (Å²) >= 11 is 6.43. The van der Waals surface area contributed by atoms with Gasteiger partial charge >= 0.3 is 0 Å². The number of anilines is 2. The van der Waals surface area contributed by atoms with Crippen molar-refractivity contribution in [3.05, 3.63) is 58.9 Å². The number of hydrogen-bond donors (Lipinski definition) is 2. The molecule has 3 N–H and O–H groups in total. The smallest absolute Gasteiger partial charge is 0.281 e. The summed E-state index contributed by atoms with van der Waals surface area (Å²) in [6, 6.07) is 11.2. The summed E-state index contributed by atoms with van der Waals surface area (Å²) in [5, 5.41) is 8.76. The summed E-state index contributed by atoms with van der Waals surface area (Å²) in [6.07, 6.45) is 4.90. The van der Waals surface area contributed by atoms with Crippen molar-refractivity contribution < 1.29 is 9.18 Å². The molecule has 2 aliphatic rings. The van der Waals surface area contributed by atoms with Crippen LogP contribution >= 0.6 is 11.6 Å². The Morgan fingerprint density at radius 2 is 1.80 bits per heavy atom. The number of carbonyl (C=O) groups excluding carboxylic acids is 1.